The Hall–Kier alpha value is -3.34. The van der Waals surface area contributed by atoms with Crippen LogP contribution in [0.5, 0.6) is 5.75 Å². The highest BCUT2D eigenvalue weighted by Gasteiger charge is 2.37. The Kier molecular flexibility index (Phi) is 4.50. The van der Waals surface area contributed by atoms with Gasteiger partial charge in [0.15, 0.2) is 0 Å². The normalized spacial score (nSPS) is 16.6. The summed E-state index contributed by atoms with van der Waals surface area (Å²) in [6.07, 6.45) is 0.508. The van der Waals surface area contributed by atoms with Crippen LogP contribution in [0.25, 0.3) is 10.8 Å². The zero-order valence-corrected chi connectivity index (χ0v) is 15.0. The third-order valence-corrected chi connectivity index (χ3v) is 4.92. The Bertz CT molecular complexity index is 998. The molecule has 3 aromatic carbocycles. The van der Waals surface area contributed by atoms with Gasteiger partial charge in [0.2, 0.25) is 11.8 Å². The van der Waals surface area contributed by atoms with Crippen molar-refractivity contribution in [2.75, 3.05) is 23.9 Å². The van der Waals surface area contributed by atoms with E-state index in [4.69, 9.17) is 4.74 Å². The van der Waals surface area contributed by atoms with Gasteiger partial charge in [-0.2, -0.15) is 0 Å². The smallest absolute Gasteiger partial charge is 0.239 e. The summed E-state index contributed by atoms with van der Waals surface area (Å²) in [6.45, 7) is 0.540. The van der Waals surface area contributed by atoms with Gasteiger partial charge in [-0.15, -0.1) is 0 Å². The quantitative estimate of drug-likeness (QED) is 0.719. The summed E-state index contributed by atoms with van der Waals surface area (Å²) in [6, 6.07) is 21.0. The zero-order valence-electron chi connectivity index (χ0n) is 15.0. The van der Waals surface area contributed by atoms with E-state index in [-0.39, 0.29) is 11.8 Å². The molecule has 4 rings (SSSR count). The molecule has 5 heteroatoms. The third-order valence-electron chi connectivity index (χ3n) is 4.92. The number of anilines is 2. The average molecular weight is 360 g/mol. The second-order valence-corrected chi connectivity index (χ2v) is 6.58. The van der Waals surface area contributed by atoms with Crippen molar-refractivity contribution < 1.29 is 14.3 Å². The number of methoxy groups -OCH3 is 1. The number of ether oxygens (including phenoxy) is 1. The largest absolute Gasteiger partial charge is 0.497 e. The third kappa shape index (κ3) is 3.36. The highest BCUT2D eigenvalue weighted by molar-refractivity contribution is 6.13. The van der Waals surface area contributed by atoms with E-state index in [1.807, 2.05) is 42.5 Å². The molecule has 1 saturated heterocycles. The predicted octanol–water partition coefficient (Wildman–Crippen LogP) is 3.84. The summed E-state index contributed by atoms with van der Waals surface area (Å²) < 4.78 is 5.11. The van der Waals surface area contributed by atoms with E-state index in [1.165, 1.54) is 0 Å². The molecule has 1 atom stereocenters. The van der Waals surface area contributed by atoms with Crippen LogP contribution < -0.4 is 15.0 Å². The van der Waals surface area contributed by atoms with Gasteiger partial charge < -0.3 is 15.0 Å². The topological polar surface area (TPSA) is 58.6 Å². The Morgan fingerprint density at radius 3 is 2.52 bits per heavy atom. The summed E-state index contributed by atoms with van der Waals surface area (Å²) in [4.78, 5) is 27.1. The van der Waals surface area contributed by atoms with Gasteiger partial charge in [0.1, 0.15) is 11.7 Å². The summed E-state index contributed by atoms with van der Waals surface area (Å²) in [5.41, 5.74) is 1.48. The fraction of sp³-hybridized carbons (Fsp3) is 0.182. The minimum atomic E-state index is -0.668. The molecule has 1 fully saturated rings. The number of nitrogens with zero attached hydrogens (tertiary/aromatic N) is 1. The Balaban J connectivity index is 1.49. The summed E-state index contributed by atoms with van der Waals surface area (Å²) >= 11 is 0. The number of amides is 2. The number of rotatable bonds is 4. The van der Waals surface area contributed by atoms with Crippen LogP contribution in [0.1, 0.15) is 6.42 Å². The standard InChI is InChI=1S/C22H20N2O3/c1-27-19-10-7-17(8-11-19)23-21(25)20-12-13-24(22(20)26)18-9-6-15-4-2-3-5-16(15)14-18/h2-11,14,20H,12-13H2,1H3,(H,23,25)/t20-/m0/s1. The lowest BCUT2D eigenvalue weighted by atomic mass is 10.1. The lowest BCUT2D eigenvalue weighted by molar-refractivity contribution is -0.129. The SMILES string of the molecule is COc1ccc(NC(=O)[C@@H]2CCN(c3ccc4ccccc4c3)C2=O)cc1. The molecule has 1 aliphatic rings. The highest BCUT2D eigenvalue weighted by Crippen LogP contribution is 2.29. The van der Waals surface area contributed by atoms with Crippen molar-refractivity contribution in [1.29, 1.82) is 0 Å². The maximum Gasteiger partial charge on any atom is 0.239 e. The highest BCUT2D eigenvalue weighted by atomic mass is 16.5. The molecule has 136 valence electrons. The van der Waals surface area contributed by atoms with Crippen LogP contribution in [0.2, 0.25) is 0 Å². The van der Waals surface area contributed by atoms with E-state index in [0.29, 0.717) is 24.4 Å². The molecule has 0 spiro atoms. The Morgan fingerprint density at radius 1 is 1.04 bits per heavy atom. The fourth-order valence-electron chi connectivity index (χ4n) is 3.43. The van der Waals surface area contributed by atoms with Crippen LogP contribution in [-0.4, -0.2) is 25.5 Å². The van der Waals surface area contributed by atoms with Gasteiger partial charge in [-0.1, -0.05) is 30.3 Å². The molecule has 1 heterocycles. The van der Waals surface area contributed by atoms with Crippen LogP contribution in [0.15, 0.2) is 66.7 Å². The molecule has 0 aliphatic carbocycles. The summed E-state index contributed by atoms with van der Waals surface area (Å²) in [5.74, 6) is -0.379. The molecule has 0 aromatic heterocycles. The van der Waals surface area contributed by atoms with E-state index < -0.39 is 5.92 Å². The van der Waals surface area contributed by atoms with E-state index in [1.54, 1.807) is 36.3 Å². The maximum absolute atomic E-state index is 12.8. The number of nitrogens with one attached hydrogen (secondary N) is 1. The van der Waals surface area contributed by atoms with E-state index >= 15 is 0 Å². The minimum absolute atomic E-state index is 0.156. The van der Waals surface area contributed by atoms with Crippen molar-refractivity contribution >= 4 is 34.0 Å². The molecule has 5 nitrogen and oxygen atoms in total. The van der Waals surface area contributed by atoms with E-state index in [2.05, 4.69) is 5.32 Å². The Labute approximate surface area is 157 Å². The number of hydrogen-bond donors (Lipinski definition) is 1. The molecule has 2 amide bonds. The molecule has 3 aromatic rings. The van der Waals surface area contributed by atoms with E-state index in [0.717, 1.165) is 16.5 Å². The molecule has 1 N–H and O–H groups in total. The first-order chi connectivity index (χ1) is 13.2. The second-order valence-electron chi connectivity index (χ2n) is 6.58. The molecule has 0 radical (unpaired) electrons. The van der Waals surface area contributed by atoms with Gasteiger partial charge in [0.25, 0.3) is 0 Å². The fourth-order valence-corrected chi connectivity index (χ4v) is 3.43. The summed E-state index contributed by atoms with van der Waals surface area (Å²) in [5, 5.41) is 5.03. The van der Waals surface area contributed by atoms with Crippen molar-refractivity contribution in [3.63, 3.8) is 0 Å². The van der Waals surface area contributed by atoms with Crippen LogP contribution in [0, 0.1) is 5.92 Å². The first-order valence-electron chi connectivity index (χ1n) is 8.91. The predicted molar refractivity (Wildman–Crippen MR) is 106 cm³/mol. The van der Waals surface area contributed by atoms with E-state index in [9.17, 15) is 9.59 Å². The monoisotopic (exact) mass is 360 g/mol. The van der Waals surface area contributed by atoms with Crippen LogP contribution >= 0.6 is 0 Å². The number of fused-ring (bicyclic) bond motifs is 1. The average Bonchev–Trinajstić information content (AvgIpc) is 3.09. The number of carbonyl (C=O) groups is 2. The molecule has 0 unspecified atom stereocenters. The van der Waals surface area contributed by atoms with Gasteiger partial charge in [-0.05, 0) is 53.6 Å². The van der Waals surface area contributed by atoms with Gasteiger partial charge in [-0.3, -0.25) is 9.59 Å². The number of carbonyl (C=O) groups excluding carboxylic acids is 2. The zero-order chi connectivity index (χ0) is 18.8. The molecule has 27 heavy (non-hydrogen) atoms. The number of benzene rings is 3. The van der Waals surface area contributed by atoms with Crippen LogP contribution in [-0.2, 0) is 9.59 Å². The maximum atomic E-state index is 12.8. The van der Waals surface area contributed by atoms with Crippen molar-refractivity contribution in [2.45, 2.75) is 6.42 Å². The van der Waals surface area contributed by atoms with Crippen molar-refractivity contribution in [3.05, 3.63) is 66.7 Å². The molecular weight excluding hydrogens is 340 g/mol. The molecule has 0 saturated carbocycles. The van der Waals surface area contributed by atoms with Gasteiger partial charge >= 0.3 is 0 Å². The van der Waals surface area contributed by atoms with Crippen LogP contribution in [0.3, 0.4) is 0 Å². The lowest BCUT2D eigenvalue weighted by Gasteiger charge is -2.17. The summed E-state index contributed by atoms with van der Waals surface area (Å²) in [7, 11) is 1.59. The van der Waals surface area contributed by atoms with Crippen molar-refractivity contribution in [1.82, 2.24) is 0 Å². The minimum Gasteiger partial charge on any atom is -0.497 e. The van der Waals surface area contributed by atoms with Crippen molar-refractivity contribution in [3.8, 4) is 5.75 Å². The lowest BCUT2D eigenvalue weighted by Crippen LogP contribution is -2.33. The number of hydrogen-bond acceptors (Lipinski definition) is 3. The van der Waals surface area contributed by atoms with Gasteiger partial charge in [-0.25, -0.2) is 0 Å². The van der Waals surface area contributed by atoms with Gasteiger partial charge in [0, 0.05) is 17.9 Å². The molecular formula is C22H20N2O3. The molecule has 0 bridgehead atoms. The molecule has 1 aliphatic heterocycles. The first-order valence-corrected chi connectivity index (χ1v) is 8.91. The first kappa shape index (κ1) is 17.1. The van der Waals surface area contributed by atoms with Crippen molar-refractivity contribution in [2.24, 2.45) is 5.92 Å². The van der Waals surface area contributed by atoms with Gasteiger partial charge in [0.05, 0.1) is 7.11 Å². The Morgan fingerprint density at radius 2 is 1.78 bits per heavy atom. The van der Waals surface area contributed by atoms with Crippen LogP contribution in [0.4, 0.5) is 11.4 Å². The second kappa shape index (κ2) is 7.11.